The van der Waals surface area contributed by atoms with E-state index in [9.17, 15) is 75.0 Å². The Morgan fingerprint density at radius 1 is 0.538 bits per heavy atom. The van der Waals surface area contributed by atoms with Crippen LogP contribution in [-0.2, 0) is 65.7 Å². The Balaban J connectivity index is 0.000000213. The molecule has 0 spiro atoms. The molecule has 0 aliphatic carbocycles. The van der Waals surface area contributed by atoms with Gasteiger partial charge in [-0.1, -0.05) is 65.8 Å². The quantitative estimate of drug-likeness (QED) is 0.0180. The smallest absolute Gasteiger partial charge is 0.336 e. The number of fused-ring (bicyclic) bond motifs is 2. The van der Waals surface area contributed by atoms with Crippen LogP contribution in [0.4, 0.5) is 0 Å². The molecule has 0 saturated carbocycles. The summed E-state index contributed by atoms with van der Waals surface area (Å²) in [7, 11) is 0. The van der Waals surface area contributed by atoms with Crippen molar-refractivity contribution in [3.8, 4) is 11.5 Å². The van der Waals surface area contributed by atoms with E-state index >= 15 is 0 Å². The van der Waals surface area contributed by atoms with E-state index in [1.54, 1.807) is 38.1 Å². The number of hydrogen-bond acceptors (Lipinski definition) is 29. The van der Waals surface area contributed by atoms with Crippen molar-refractivity contribution in [2.75, 3.05) is 13.2 Å². The number of aldehydes is 1. The van der Waals surface area contributed by atoms with Crippen LogP contribution in [0.15, 0.2) is 133 Å². The lowest BCUT2D eigenvalue weighted by Crippen LogP contribution is -2.68. The predicted octanol–water partition coefficient (Wildman–Crippen LogP) is -2.01. The van der Waals surface area contributed by atoms with Gasteiger partial charge in [-0.2, -0.15) is 0 Å². The number of aliphatic hydroxyl groups excluding tert-OH is 10. The first-order valence-corrected chi connectivity index (χ1v) is 29.1. The average molecular weight is 1310 g/mol. The molecule has 4 fully saturated rings. The molecule has 4 aromatic carbocycles. The van der Waals surface area contributed by atoms with Crippen molar-refractivity contribution in [2.24, 2.45) is 11.1 Å². The van der Waals surface area contributed by atoms with E-state index in [2.05, 4.69) is 20.6 Å². The van der Waals surface area contributed by atoms with Gasteiger partial charge in [0.25, 0.3) is 0 Å². The topological polar surface area (TPSA) is 469 Å². The molecule has 0 bridgehead atoms. The molecule has 4 saturated heterocycles. The van der Waals surface area contributed by atoms with Gasteiger partial charge in [0.15, 0.2) is 18.9 Å². The Hall–Kier alpha value is -7.74. The number of benzene rings is 4. The highest BCUT2D eigenvalue weighted by Gasteiger charge is 2.54. The number of nitrogens with two attached hydrogens (primary N) is 1. The van der Waals surface area contributed by atoms with Crippen molar-refractivity contribution < 1.29 is 122 Å². The Kier molecular flexibility index (Phi) is 25.2. The van der Waals surface area contributed by atoms with Gasteiger partial charge in [-0.05, 0) is 60.4 Å². The monoisotopic (exact) mass is 1310 g/mol. The largest absolute Gasteiger partial charge is 0.462 e. The fourth-order valence-electron chi connectivity index (χ4n) is 10.4. The molecule has 2 aromatic heterocycles. The van der Waals surface area contributed by atoms with Gasteiger partial charge >= 0.3 is 11.3 Å². The van der Waals surface area contributed by atoms with E-state index in [1.807, 2.05) is 60.7 Å². The van der Waals surface area contributed by atoms with Crippen molar-refractivity contribution in [2.45, 2.75) is 164 Å². The summed E-state index contributed by atoms with van der Waals surface area (Å²) in [5.41, 5.74) is 2.66. The second kappa shape index (κ2) is 32.9. The lowest BCUT2D eigenvalue weighted by Gasteiger charge is -2.46. The molecule has 31 heteroatoms. The number of nitrogens with zero attached hydrogens (tertiary/aromatic N) is 1. The molecule has 0 unspecified atom stereocenters. The first-order chi connectivity index (χ1) is 44.5. The van der Waals surface area contributed by atoms with Crippen LogP contribution in [0.2, 0.25) is 0 Å². The summed E-state index contributed by atoms with van der Waals surface area (Å²) in [5.74, 6) is 4.07. The molecule has 6 heterocycles. The number of carbonyl (C=O) groups is 3. The molecule has 31 nitrogen and oxygen atoms in total. The van der Waals surface area contributed by atoms with Crippen molar-refractivity contribution >= 4 is 46.3 Å². The van der Waals surface area contributed by atoms with E-state index < -0.39 is 159 Å². The second-order valence-corrected chi connectivity index (χ2v) is 22.0. The van der Waals surface area contributed by atoms with Crippen LogP contribution < -0.4 is 37.3 Å². The van der Waals surface area contributed by atoms with Gasteiger partial charge in [0.2, 0.25) is 24.4 Å². The molecular weight excluding hydrogens is 1230 g/mol. The molecule has 4 aliphatic heterocycles. The highest BCUT2D eigenvalue weighted by Crippen LogP contribution is 2.34. The number of rotatable bonds is 19. The third-order valence-electron chi connectivity index (χ3n) is 15.2. The van der Waals surface area contributed by atoms with Gasteiger partial charge in [-0.15, -0.1) is 0 Å². The van der Waals surface area contributed by atoms with E-state index in [0.717, 1.165) is 17.3 Å². The predicted molar refractivity (Wildman–Crippen MR) is 319 cm³/mol. The van der Waals surface area contributed by atoms with Gasteiger partial charge in [0.1, 0.15) is 127 Å². The fourth-order valence-corrected chi connectivity index (χ4v) is 10.4. The van der Waals surface area contributed by atoms with Crippen molar-refractivity contribution in [3.05, 3.63) is 152 Å². The lowest BCUT2D eigenvalue weighted by atomic mass is 9.95. The number of oxime groups is 1. The minimum Gasteiger partial charge on any atom is -0.462 e. The number of aryl methyl sites for hydroxylation is 2. The summed E-state index contributed by atoms with van der Waals surface area (Å²) in [6.07, 6.45) is -26.8. The van der Waals surface area contributed by atoms with Crippen LogP contribution in [0.1, 0.15) is 36.1 Å². The van der Waals surface area contributed by atoms with E-state index in [0.29, 0.717) is 28.5 Å². The molecule has 20 atom stereocenters. The van der Waals surface area contributed by atoms with Gasteiger partial charge < -0.3 is 118 Å². The maximum Gasteiger partial charge on any atom is 0.336 e. The molecule has 10 rings (SSSR count). The Labute approximate surface area is 528 Å². The normalized spacial score (nSPS) is 31.0. The van der Waals surface area contributed by atoms with Crippen LogP contribution in [0.3, 0.4) is 0 Å². The minimum atomic E-state index is -1.82. The molecule has 93 heavy (non-hydrogen) atoms. The maximum absolute atomic E-state index is 12.1. The fraction of sp³-hybridized carbons (Fsp3) is 0.452. The Bertz CT molecular complexity index is 3570. The SMILES string of the molecule is CC(=O)N[C@H]1[C@H](Oc2ccc3c(C)cc(=O)oc3c2)O[C@H](CO)[C@@H](O[C@@H]2O[C@H](C=NOCc3ccccc3)[C@H](O)[C@H](O)[C@H]2O)[C@@H]1O.CC(=O)N[C@H]1[C@H](Oc2ccc3c(C)cc(=O)oc3c2)O[C@H](CO)[C@@H](O[C@@H]2O[C@H](C=O)[C@H](O)[C@H](O)[C@H]2O)[C@@H]1O.NOCc1ccccc1. The highest BCUT2D eigenvalue weighted by atomic mass is 16.8. The Morgan fingerprint density at radius 2 is 0.957 bits per heavy atom. The first kappa shape index (κ1) is 71.1. The molecule has 0 radical (unpaired) electrons. The van der Waals surface area contributed by atoms with Crippen molar-refractivity contribution in [1.82, 2.24) is 10.6 Å². The van der Waals surface area contributed by atoms with Gasteiger partial charge in [-0.25, -0.2) is 15.5 Å². The van der Waals surface area contributed by atoms with Crippen molar-refractivity contribution in [3.63, 3.8) is 0 Å². The summed E-state index contributed by atoms with van der Waals surface area (Å²) in [6, 6.07) is 28.4. The molecule has 2 amide bonds. The summed E-state index contributed by atoms with van der Waals surface area (Å²) >= 11 is 0. The van der Waals surface area contributed by atoms with Gasteiger partial charge in [-0.3, -0.25) is 14.4 Å². The number of nitrogens with one attached hydrogen (secondary N) is 2. The van der Waals surface area contributed by atoms with Gasteiger partial charge in [0.05, 0.1) is 26.0 Å². The standard InChI is InChI=1S/C31H36N2O13.C24H29NO13.C7H9NO/c1-15-10-23(36)43-20-11-18(8-9-19(15)20)42-30-24(33-16(2)35)26(38)29(22(13-34)45-30)46-31-28(40)27(39)25(37)21(44-31)12-32-41-14-17-6-4-3-5-7-17;1-9-5-16(29)35-13-6-11(3-4-12(9)13)34-23-17(25-10(2)28)19(31)22(15(8-27)37-23)38-24-21(33)20(32)18(30)14(7-26)36-24;8-9-6-7-4-2-1-3-5-7/h3-12,21-22,24-31,34,37-40H,13-14H2,1-2H3,(H,33,35);3-7,14-15,17-24,27,30-33H,8H2,1-2H3,(H,25,28);1-5H,6,8H2/t21-,22-,24-,25+,26-,27+,28-,29-,30-,31+;14-,15-,17-,18+,19-,20+,21-,22-,23-,24+;/m11./s1. The zero-order chi connectivity index (χ0) is 67.2. The first-order valence-electron chi connectivity index (χ1n) is 29.1. The highest BCUT2D eigenvalue weighted by molar-refractivity contribution is 5.82. The molecule has 6 aromatic rings. The zero-order valence-corrected chi connectivity index (χ0v) is 50.4. The lowest BCUT2D eigenvalue weighted by molar-refractivity contribution is -0.335. The van der Waals surface area contributed by atoms with E-state index in [4.69, 9.17) is 57.5 Å². The number of amides is 2. The Morgan fingerprint density at radius 3 is 1.37 bits per heavy atom. The van der Waals surface area contributed by atoms with E-state index in [-0.39, 0.29) is 35.6 Å². The van der Waals surface area contributed by atoms with Crippen LogP contribution in [-0.4, -0.2) is 211 Å². The third-order valence-corrected chi connectivity index (χ3v) is 15.2. The average Bonchev–Trinajstić information content (AvgIpc) is 0.840. The number of hydrogen-bond donors (Lipinski definition) is 13. The maximum atomic E-state index is 12.1. The summed E-state index contributed by atoms with van der Waals surface area (Å²) in [6.45, 7) is 5.07. The van der Waals surface area contributed by atoms with Crippen LogP contribution in [0, 0.1) is 13.8 Å². The number of aliphatic hydroxyl groups is 10. The number of ether oxygens (including phenoxy) is 8. The molecular formula is C62H74N4O27. The van der Waals surface area contributed by atoms with Gasteiger partial charge in [0, 0.05) is 48.9 Å². The van der Waals surface area contributed by atoms with Crippen LogP contribution in [0.25, 0.3) is 21.9 Å². The van der Waals surface area contributed by atoms with E-state index in [1.165, 1.54) is 38.1 Å². The second-order valence-electron chi connectivity index (χ2n) is 22.0. The molecule has 4 aliphatic rings. The van der Waals surface area contributed by atoms with Crippen LogP contribution in [0.5, 0.6) is 11.5 Å². The zero-order valence-electron chi connectivity index (χ0n) is 50.4. The third kappa shape index (κ3) is 17.9. The van der Waals surface area contributed by atoms with Crippen LogP contribution >= 0.6 is 0 Å². The molecule has 504 valence electrons. The summed E-state index contributed by atoms with van der Waals surface area (Å²) < 4.78 is 56.3. The number of carbonyl (C=O) groups excluding carboxylic acids is 3. The minimum absolute atomic E-state index is 0.121. The summed E-state index contributed by atoms with van der Waals surface area (Å²) in [4.78, 5) is 68.6. The summed E-state index contributed by atoms with van der Waals surface area (Å²) in [5, 5.41) is 115. The molecule has 14 N–H and O–H groups in total. The van der Waals surface area contributed by atoms with Crippen molar-refractivity contribution in [1.29, 1.82) is 0 Å².